The molecule has 0 spiro atoms. The van der Waals surface area contributed by atoms with Gasteiger partial charge in [0.05, 0.1) is 29.4 Å². The molecule has 2 aromatic carbocycles. The van der Waals surface area contributed by atoms with Crippen LogP contribution in [0.1, 0.15) is 37.3 Å². The fraction of sp³-hybridized carbons (Fsp3) is 0.300. The van der Waals surface area contributed by atoms with Crippen LogP contribution in [0.15, 0.2) is 48.0 Å². The molecule has 1 N–H and O–H groups in total. The maximum atomic E-state index is 13.1. The number of nitrogens with zero attached hydrogens (tertiary/aromatic N) is 2. The lowest BCUT2D eigenvalue weighted by Crippen LogP contribution is -2.34. The fourth-order valence-corrected chi connectivity index (χ4v) is 3.82. The lowest BCUT2D eigenvalue weighted by atomic mass is 9.92. The fourth-order valence-electron chi connectivity index (χ4n) is 3.82. The van der Waals surface area contributed by atoms with Crippen LogP contribution >= 0.6 is 0 Å². The zero-order valence-corrected chi connectivity index (χ0v) is 13.5. The van der Waals surface area contributed by atoms with E-state index in [0.717, 1.165) is 42.0 Å². The van der Waals surface area contributed by atoms with Gasteiger partial charge in [0, 0.05) is 5.39 Å². The molecule has 0 radical (unpaired) electrons. The predicted molar refractivity (Wildman–Crippen MR) is 97.1 cm³/mol. The highest BCUT2D eigenvalue weighted by atomic mass is 16.3. The molecule has 1 fully saturated rings. The summed E-state index contributed by atoms with van der Waals surface area (Å²) in [6, 6.07) is 9.61. The molecular formula is C20H20N2O2. The van der Waals surface area contributed by atoms with Crippen molar-refractivity contribution in [2.75, 3.05) is 0 Å². The molecule has 4 rings (SSSR count). The minimum atomic E-state index is -0.477. The molecule has 4 heteroatoms. The van der Waals surface area contributed by atoms with E-state index in [1.54, 1.807) is 17.0 Å². The molecule has 0 amide bonds. The van der Waals surface area contributed by atoms with Crippen LogP contribution < -0.4 is 5.56 Å². The number of rotatable bonds is 2. The van der Waals surface area contributed by atoms with Gasteiger partial charge in [0.1, 0.15) is 0 Å². The van der Waals surface area contributed by atoms with Crippen molar-refractivity contribution in [3.63, 3.8) is 0 Å². The zero-order valence-electron chi connectivity index (χ0n) is 13.5. The summed E-state index contributed by atoms with van der Waals surface area (Å²) in [6.45, 7) is 3.87. The van der Waals surface area contributed by atoms with E-state index in [4.69, 9.17) is 0 Å². The molecule has 1 aromatic heterocycles. The van der Waals surface area contributed by atoms with Gasteiger partial charge in [0.15, 0.2) is 0 Å². The van der Waals surface area contributed by atoms with Gasteiger partial charge in [-0.2, -0.15) is 0 Å². The standard InChI is InChI=1S/C20H20N2O2/c1-2-13-11-16-19(15-8-4-3-7-14(13)15)21-12-22(20(16)24)17-9-5-6-10-18(17)23/h2-4,7-8,11-12,17-18,23H,1,5-6,9-10H2/t17-,18-/m0/s1. The third kappa shape index (κ3) is 2.26. The molecular weight excluding hydrogens is 300 g/mol. The van der Waals surface area contributed by atoms with E-state index in [1.807, 2.05) is 30.3 Å². The average molecular weight is 320 g/mol. The Bertz CT molecular complexity index is 990. The first-order valence-corrected chi connectivity index (χ1v) is 8.44. The molecule has 3 aromatic rings. The normalized spacial score (nSPS) is 21.2. The molecule has 1 aliphatic rings. The summed E-state index contributed by atoms with van der Waals surface area (Å²) in [5, 5.41) is 12.9. The van der Waals surface area contributed by atoms with Crippen LogP contribution in [0.3, 0.4) is 0 Å². The summed E-state index contributed by atoms with van der Waals surface area (Å²) in [5.41, 5.74) is 1.56. The number of benzene rings is 2. The summed E-state index contributed by atoms with van der Waals surface area (Å²) in [7, 11) is 0. The van der Waals surface area contributed by atoms with Gasteiger partial charge in [-0.15, -0.1) is 0 Å². The van der Waals surface area contributed by atoms with Crippen LogP contribution in [-0.2, 0) is 0 Å². The van der Waals surface area contributed by atoms with Crippen molar-refractivity contribution in [2.24, 2.45) is 0 Å². The molecule has 0 unspecified atom stereocenters. The van der Waals surface area contributed by atoms with E-state index in [9.17, 15) is 9.90 Å². The number of aliphatic hydroxyl groups excluding tert-OH is 1. The monoisotopic (exact) mass is 320 g/mol. The Morgan fingerprint density at radius 2 is 1.92 bits per heavy atom. The SMILES string of the molecule is C=Cc1cc2c(=O)n([C@H]3CCCC[C@@H]3O)cnc2c2ccccc12. The van der Waals surface area contributed by atoms with Gasteiger partial charge in [-0.25, -0.2) is 4.98 Å². The van der Waals surface area contributed by atoms with Crippen molar-refractivity contribution in [3.8, 4) is 0 Å². The minimum absolute atomic E-state index is 0.0835. The van der Waals surface area contributed by atoms with Gasteiger partial charge in [0.2, 0.25) is 0 Å². The van der Waals surface area contributed by atoms with Crippen LogP contribution in [0, 0.1) is 0 Å². The minimum Gasteiger partial charge on any atom is -0.391 e. The smallest absolute Gasteiger partial charge is 0.261 e. The highest BCUT2D eigenvalue weighted by Gasteiger charge is 2.26. The average Bonchev–Trinajstić information content (AvgIpc) is 2.62. The largest absolute Gasteiger partial charge is 0.391 e. The van der Waals surface area contributed by atoms with Crippen molar-refractivity contribution in [1.82, 2.24) is 9.55 Å². The van der Waals surface area contributed by atoms with E-state index in [1.165, 1.54) is 0 Å². The maximum absolute atomic E-state index is 13.1. The molecule has 4 nitrogen and oxygen atoms in total. The van der Waals surface area contributed by atoms with E-state index >= 15 is 0 Å². The van der Waals surface area contributed by atoms with Crippen molar-refractivity contribution < 1.29 is 5.11 Å². The molecule has 0 saturated heterocycles. The Balaban J connectivity index is 2.01. The van der Waals surface area contributed by atoms with Gasteiger partial charge >= 0.3 is 0 Å². The number of hydrogen-bond donors (Lipinski definition) is 1. The van der Waals surface area contributed by atoms with Crippen LogP contribution in [0.5, 0.6) is 0 Å². The molecule has 0 aliphatic heterocycles. The van der Waals surface area contributed by atoms with E-state index < -0.39 is 6.10 Å². The van der Waals surface area contributed by atoms with Crippen molar-refractivity contribution in [1.29, 1.82) is 0 Å². The summed E-state index contributed by atoms with van der Waals surface area (Å²) >= 11 is 0. The first-order chi connectivity index (χ1) is 11.7. The van der Waals surface area contributed by atoms with Gasteiger partial charge in [0.25, 0.3) is 5.56 Å². The van der Waals surface area contributed by atoms with E-state index in [2.05, 4.69) is 11.6 Å². The highest BCUT2D eigenvalue weighted by Crippen LogP contribution is 2.30. The third-order valence-electron chi connectivity index (χ3n) is 5.10. The quantitative estimate of drug-likeness (QED) is 0.733. The summed E-state index contributed by atoms with van der Waals surface area (Å²) < 4.78 is 1.62. The lowest BCUT2D eigenvalue weighted by Gasteiger charge is -2.29. The third-order valence-corrected chi connectivity index (χ3v) is 5.10. The molecule has 2 atom stereocenters. The van der Waals surface area contributed by atoms with Crippen LogP contribution in [0.25, 0.3) is 27.8 Å². The predicted octanol–water partition coefficient (Wildman–Crippen LogP) is 3.67. The Morgan fingerprint density at radius 1 is 1.17 bits per heavy atom. The Morgan fingerprint density at radius 3 is 2.67 bits per heavy atom. The Hall–Kier alpha value is -2.46. The van der Waals surface area contributed by atoms with Crippen molar-refractivity contribution >= 4 is 27.8 Å². The number of aromatic nitrogens is 2. The van der Waals surface area contributed by atoms with E-state index in [0.29, 0.717) is 10.9 Å². The van der Waals surface area contributed by atoms with Crippen LogP contribution in [0.2, 0.25) is 0 Å². The van der Waals surface area contributed by atoms with Gasteiger partial charge < -0.3 is 5.11 Å². The lowest BCUT2D eigenvalue weighted by molar-refractivity contribution is 0.0735. The van der Waals surface area contributed by atoms with Crippen LogP contribution in [0.4, 0.5) is 0 Å². The second kappa shape index (κ2) is 5.87. The first kappa shape index (κ1) is 15.1. The summed E-state index contributed by atoms with van der Waals surface area (Å²) in [6.07, 6.45) is 6.49. The molecule has 1 aliphatic carbocycles. The Kier molecular flexibility index (Phi) is 3.69. The van der Waals surface area contributed by atoms with Crippen molar-refractivity contribution in [2.45, 2.75) is 37.8 Å². The molecule has 122 valence electrons. The summed E-state index contributed by atoms with van der Waals surface area (Å²) in [5.74, 6) is 0. The zero-order chi connectivity index (χ0) is 16.7. The van der Waals surface area contributed by atoms with Gasteiger partial charge in [-0.3, -0.25) is 9.36 Å². The van der Waals surface area contributed by atoms with Crippen LogP contribution in [-0.4, -0.2) is 20.8 Å². The van der Waals surface area contributed by atoms with Crippen molar-refractivity contribution in [3.05, 3.63) is 59.2 Å². The van der Waals surface area contributed by atoms with E-state index in [-0.39, 0.29) is 11.6 Å². The number of hydrogen-bond acceptors (Lipinski definition) is 3. The molecule has 1 saturated carbocycles. The highest BCUT2D eigenvalue weighted by molar-refractivity contribution is 6.08. The molecule has 24 heavy (non-hydrogen) atoms. The Labute approximate surface area is 140 Å². The topological polar surface area (TPSA) is 55.1 Å². The number of aliphatic hydroxyl groups is 1. The maximum Gasteiger partial charge on any atom is 0.261 e. The summed E-state index contributed by atoms with van der Waals surface area (Å²) in [4.78, 5) is 17.6. The van der Waals surface area contributed by atoms with Gasteiger partial charge in [-0.1, -0.05) is 49.8 Å². The molecule has 1 heterocycles. The number of fused-ring (bicyclic) bond motifs is 3. The second-order valence-corrected chi connectivity index (χ2v) is 6.49. The first-order valence-electron chi connectivity index (χ1n) is 8.44. The van der Waals surface area contributed by atoms with Gasteiger partial charge in [-0.05, 0) is 29.9 Å². The molecule has 0 bridgehead atoms. The second-order valence-electron chi connectivity index (χ2n) is 6.49.